The molecule has 1 N–H and O–H groups in total. The van der Waals surface area contributed by atoms with Gasteiger partial charge in [-0.1, -0.05) is 60.7 Å². The van der Waals surface area contributed by atoms with Crippen molar-refractivity contribution in [3.8, 4) is 5.75 Å². The number of rotatable bonds is 7. The van der Waals surface area contributed by atoms with Crippen molar-refractivity contribution in [3.05, 3.63) is 77.9 Å². The smallest absolute Gasteiger partial charge is 0.220 e. The van der Waals surface area contributed by atoms with Gasteiger partial charge in [0.05, 0.1) is 7.11 Å². The highest BCUT2D eigenvalue weighted by molar-refractivity contribution is 5.83. The maximum atomic E-state index is 12.5. The summed E-state index contributed by atoms with van der Waals surface area (Å²) in [7, 11) is 1.72. The molecule has 0 unspecified atom stereocenters. The van der Waals surface area contributed by atoms with E-state index in [0.29, 0.717) is 6.42 Å². The van der Waals surface area contributed by atoms with Gasteiger partial charge in [-0.3, -0.25) is 9.69 Å². The topological polar surface area (TPSA) is 41.6 Å². The largest absolute Gasteiger partial charge is 0.496 e. The van der Waals surface area contributed by atoms with Gasteiger partial charge < -0.3 is 10.1 Å². The summed E-state index contributed by atoms with van der Waals surface area (Å²) >= 11 is 0. The van der Waals surface area contributed by atoms with Crippen LogP contribution in [0.15, 0.2) is 66.7 Å². The molecule has 156 valence electrons. The second kappa shape index (κ2) is 9.77. The molecule has 3 aromatic rings. The number of hydrogen-bond donors (Lipinski definition) is 1. The number of para-hydroxylation sites is 1. The number of benzene rings is 3. The fourth-order valence-electron chi connectivity index (χ4n) is 4.26. The number of nitrogens with zero attached hydrogens (tertiary/aromatic N) is 1. The zero-order chi connectivity index (χ0) is 20.8. The van der Waals surface area contributed by atoms with Crippen molar-refractivity contribution in [1.29, 1.82) is 0 Å². The average molecular weight is 403 g/mol. The molecular formula is C26H30N2O2. The van der Waals surface area contributed by atoms with Crippen LogP contribution in [0.3, 0.4) is 0 Å². The molecule has 1 heterocycles. The maximum Gasteiger partial charge on any atom is 0.220 e. The molecule has 1 saturated heterocycles. The molecule has 0 bridgehead atoms. The summed E-state index contributed by atoms with van der Waals surface area (Å²) < 4.78 is 5.46. The van der Waals surface area contributed by atoms with E-state index in [1.54, 1.807) is 7.11 Å². The second-order valence-corrected chi connectivity index (χ2v) is 8.11. The van der Waals surface area contributed by atoms with Crippen LogP contribution in [0.25, 0.3) is 10.8 Å². The van der Waals surface area contributed by atoms with E-state index in [2.05, 4.69) is 64.8 Å². The van der Waals surface area contributed by atoms with Gasteiger partial charge in [0, 0.05) is 37.7 Å². The van der Waals surface area contributed by atoms with Gasteiger partial charge >= 0.3 is 0 Å². The lowest BCUT2D eigenvalue weighted by atomic mass is 10.0. The minimum absolute atomic E-state index is 0.159. The summed E-state index contributed by atoms with van der Waals surface area (Å²) in [6, 6.07) is 23.3. The van der Waals surface area contributed by atoms with Crippen LogP contribution in [0.4, 0.5) is 0 Å². The number of hydrogen-bond acceptors (Lipinski definition) is 3. The van der Waals surface area contributed by atoms with E-state index in [1.807, 2.05) is 12.1 Å². The van der Waals surface area contributed by atoms with Gasteiger partial charge in [0.15, 0.2) is 0 Å². The molecule has 4 heteroatoms. The molecule has 1 amide bonds. The number of amides is 1. The SMILES string of the molecule is COc1ccccc1CN1CCC(NC(=O)CCc2ccc3ccccc3c2)CC1. The van der Waals surface area contributed by atoms with Crippen LogP contribution in [-0.4, -0.2) is 37.0 Å². The van der Waals surface area contributed by atoms with E-state index in [1.165, 1.54) is 21.9 Å². The Balaban J connectivity index is 1.22. The number of likely N-dealkylation sites (tertiary alicyclic amines) is 1. The molecule has 0 aliphatic carbocycles. The van der Waals surface area contributed by atoms with Crippen LogP contribution < -0.4 is 10.1 Å². The third-order valence-corrected chi connectivity index (χ3v) is 5.99. The molecule has 1 fully saturated rings. The molecule has 4 nitrogen and oxygen atoms in total. The zero-order valence-electron chi connectivity index (χ0n) is 17.6. The Kier molecular flexibility index (Phi) is 6.65. The molecule has 1 aliphatic heterocycles. The summed E-state index contributed by atoms with van der Waals surface area (Å²) in [4.78, 5) is 14.9. The number of piperidine rings is 1. The fraction of sp³-hybridized carbons (Fsp3) is 0.346. The summed E-state index contributed by atoms with van der Waals surface area (Å²) in [5.74, 6) is 1.10. The molecule has 0 atom stereocenters. The van der Waals surface area contributed by atoms with E-state index in [0.717, 1.165) is 44.6 Å². The predicted molar refractivity (Wildman–Crippen MR) is 122 cm³/mol. The summed E-state index contributed by atoms with van der Waals surface area (Å²) in [5.41, 5.74) is 2.44. The van der Waals surface area contributed by atoms with Gasteiger partial charge in [0.25, 0.3) is 0 Å². The molecule has 0 radical (unpaired) electrons. The van der Waals surface area contributed by atoms with Gasteiger partial charge in [-0.25, -0.2) is 0 Å². The van der Waals surface area contributed by atoms with E-state index in [4.69, 9.17) is 4.74 Å². The van der Waals surface area contributed by atoms with E-state index < -0.39 is 0 Å². The standard InChI is InChI=1S/C26H30N2O2/c1-30-25-9-5-4-8-23(25)19-28-16-14-24(15-17-28)27-26(29)13-11-20-10-12-21-6-2-3-7-22(21)18-20/h2-10,12,18,24H,11,13-17,19H2,1H3,(H,27,29). The summed E-state index contributed by atoms with van der Waals surface area (Å²) in [6.45, 7) is 2.88. The number of carbonyl (C=O) groups excluding carboxylic acids is 1. The van der Waals surface area contributed by atoms with Crippen molar-refractivity contribution >= 4 is 16.7 Å². The van der Waals surface area contributed by atoms with Gasteiger partial charge in [-0.15, -0.1) is 0 Å². The average Bonchev–Trinajstić information content (AvgIpc) is 2.79. The van der Waals surface area contributed by atoms with E-state index in [-0.39, 0.29) is 11.9 Å². The van der Waals surface area contributed by atoms with Crippen molar-refractivity contribution in [2.45, 2.75) is 38.3 Å². The maximum absolute atomic E-state index is 12.5. The Bertz CT molecular complexity index is 993. The Morgan fingerprint density at radius 3 is 2.53 bits per heavy atom. The van der Waals surface area contributed by atoms with Gasteiger partial charge in [0.2, 0.25) is 5.91 Å². The lowest BCUT2D eigenvalue weighted by Crippen LogP contribution is -2.44. The molecule has 3 aromatic carbocycles. The van der Waals surface area contributed by atoms with Crippen molar-refractivity contribution in [1.82, 2.24) is 10.2 Å². The fourth-order valence-corrected chi connectivity index (χ4v) is 4.26. The first-order valence-electron chi connectivity index (χ1n) is 10.8. The van der Waals surface area contributed by atoms with Gasteiger partial charge in [0.1, 0.15) is 5.75 Å². The van der Waals surface area contributed by atoms with Crippen LogP contribution in [0, 0.1) is 0 Å². The molecule has 0 aromatic heterocycles. The van der Waals surface area contributed by atoms with Crippen LogP contribution in [0.5, 0.6) is 5.75 Å². The quantitative estimate of drug-likeness (QED) is 0.630. The molecule has 0 spiro atoms. The normalized spacial score (nSPS) is 15.2. The molecule has 1 aliphatic rings. The summed E-state index contributed by atoms with van der Waals surface area (Å²) in [5, 5.41) is 5.72. The van der Waals surface area contributed by atoms with E-state index >= 15 is 0 Å². The number of methoxy groups -OCH3 is 1. The van der Waals surface area contributed by atoms with Crippen LogP contribution in [0.1, 0.15) is 30.4 Å². The monoisotopic (exact) mass is 402 g/mol. The van der Waals surface area contributed by atoms with Crippen LogP contribution in [-0.2, 0) is 17.8 Å². The lowest BCUT2D eigenvalue weighted by Gasteiger charge is -2.32. The van der Waals surface area contributed by atoms with Crippen molar-refractivity contribution in [2.75, 3.05) is 20.2 Å². The first kappa shape index (κ1) is 20.4. The molecule has 30 heavy (non-hydrogen) atoms. The molecule has 0 saturated carbocycles. The third-order valence-electron chi connectivity index (χ3n) is 5.99. The Morgan fingerprint density at radius 1 is 1.00 bits per heavy atom. The Hall–Kier alpha value is -2.85. The van der Waals surface area contributed by atoms with E-state index in [9.17, 15) is 4.79 Å². The first-order valence-corrected chi connectivity index (χ1v) is 10.8. The Labute approximate surface area is 178 Å². The molecule has 4 rings (SSSR count). The minimum Gasteiger partial charge on any atom is -0.496 e. The molecular weight excluding hydrogens is 372 g/mol. The number of nitrogens with one attached hydrogen (secondary N) is 1. The summed E-state index contributed by atoms with van der Waals surface area (Å²) in [6.07, 6.45) is 3.32. The third kappa shape index (κ3) is 5.19. The van der Waals surface area contributed by atoms with Crippen molar-refractivity contribution in [3.63, 3.8) is 0 Å². The van der Waals surface area contributed by atoms with Gasteiger partial charge in [-0.05, 0) is 41.7 Å². The number of fused-ring (bicyclic) bond motifs is 1. The highest BCUT2D eigenvalue weighted by Crippen LogP contribution is 2.22. The number of ether oxygens (including phenoxy) is 1. The second-order valence-electron chi connectivity index (χ2n) is 8.11. The number of carbonyl (C=O) groups is 1. The van der Waals surface area contributed by atoms with Crippen molar-refractivity contribution in [2.24, 2.45) is 0 Å². The number of aryl methyl sites for hydroxylation is 1. The predicted octanol–water partition coefficient (Wildman–Crippen LogP) is 4.56. The lowest BCUT2D eigenvalue weighted by molar-refractivity contribution is -0.122. The Morgan fingerprint density at radius 2 is 1.73 bits per heavy atom. The van der Waals surface area contributed by atoms with Crippen LogP contribution >= 0.6 is 0 Å². The first-order chi connectivity index (χ1) is 14.7. The minimum atomic E-state index is 0.159. The highest BCUT2D eigenvalue weighted by Gasteiger charge is 2.21. The van der Waals surface area contributed by atoms with Crippen LogP contribution in [0.2, 0.25) is 0 Å². The van der Waals surface area contributed by atoms with Crippen molar-refractivity contribution < 1.29 is 9.53 Å². The van der Waals surface area contributed by atoms with Gasteiger partial charge in [-0.2, -0.15) is 0 Å². The zero-order valence-corrected chi connectivity index (χ0v) is 17.6. The highest BCUT2D eigenvalue weighted by atomic mass is 16.5.